The normalized spacial score (nSPS) is 10.7. The molecule has 0 bridgehead atoms. The second-order valence-electron chi connectivity index (χ2n) is 3.87. The van der Waals surface area contributed by atoms with Crippen molar-refractivity contribution in [2.75, 3.05) is 5.32 Å². The molecular weight excluding hydrogens is 232 g/mol. The summed E-state index contributed by atoms with van der Waals surface area (Å²) in [5, 5.41) is 16.8. The Morgan fingerprint density at radius 1 is 1.39 bits per heavy atom. The second-order valence-corrected chi connectivity index (χ2v) is 3.87. The number of anilines is 1. The number of rotatable bonds is 2. The number of nitrogens with zero attached hydrogens (tertiary/aromatic N) is 3. The Morgan fingerprint density at radius 3 is 3.06 bits per heavy atom. The van der Waals surface area contributed by atoms with Gasteiger partial charge in [-0.05, 0) is 19.1 Å². The summed E-state index contributed by atoms with van der Waals surface area (Å²) in [5.41, 5.74) is 2.56. The van der Waals surface area contributed by atoms with Gasteiger partial charge < -0.3 is 5.32 Å². The van der Waals surface area contributed by atoms with Crippen molar-refractivity contribution >= 4 is 22.6 Å². The number of amides is 1. The maximum absolute atomic E-state index is 11.8. The predicted octanol–water partition coefficient (Wildman–Crippen LogP) is 1.24. The van der Waals surface area contributed by atoms with Crippen molar-refractivity contribution in [3.05, 3.63) is 35.9 Å². The summed E-state index contributed by atoms with van der Waals surface area (Å²) in [7, 11) is 0. The van der Waals surface area contributed by atoms with Crippen LogP contribution in [0.15, 0.2) is 24.5 Å². The molecule has 7 heteroatoms. The van der Waals surface area contributed by atoms with Gasteiger partial charge in [-0.25, -0.2) is 4.98 Å². The minimum atomic E-state index is -0.255. The van der Waals surface area contributed by atoms with Gasteiger partial charge in [0.15, 0.2) is 5.65 Å². The van der Waals surface area contributed by atoms with Crippen molar-refractivity contribution in [1.29, 1.82) is 0 Å². The first kappa shape index (κ1) is 10.5. The quantitative estimate of drug-likeness (QED) is 0.629. The second kappa shape index (κ2) is 3.95. The van der Waals surface area contributed by atoms with Gasteiger partial charge in [0.25, 0.3) is 5.91 Å². The van der Waals surface area contributed by atoms with Gasteiger partial charge in [0, 0.05) is 17.3 Å². The zero-order valence-corrected chi connectivity index (χ0v) is 9.56. The van der Waals surface area contributed by atoms with E-state index in [0.717, 1.165) is 11.1 Å². The molecule has 1 amide bonds. The SMILES string of the molecule is Cc1[nH]nc2ncc(NC(=O)c3ccn[nH]3)cc12. The van der Waals surface area contributed by atoms with Crippen molar-refractivity contribution in [2.45, 2.75) is 6.92 Å². The van der Waals surface area contributed by atoms with E-state index in [1.165, 1.54) is 6.20 Å². The van der Waals surface area contributed by atoms with Crippen molar-refractivity contribution in [3.8, 4) is 0 Å². The number of aromatic amines is 2. The molecule has 0 saturated heterocycles. The summed E-state index contributed by atoms with van der Waals surface area (Å²) in [4.78, 5) is 16.0. The van der Waals surface area contributed by atoms with Gasteiger partial charge in [-0.15, -0.1) is 0 Å². The molecular formula is C11H10N6O. The molecule has 18 heavy (non-hydrogen) atoms. The first-order chi connectivity index (χ1) is 8.74. The maximum atomic E-state index is 11.8. The zero-order valence-electron chi connectivity index (χ0n) is 9.56. The Morgan fingerprint density at radius 2 is 2.28 bits per heavy atom. The van der Waals surface area contributed by atoms with Crippen LogP contribution >= 0.6 is 0 Å². The summed E-state index contributed by atoms with van der Waals surface area (Å²) in [6.45, 7) is 1.90. The highest BCUT2D eigenvalue weighted by molar-refractivity contribution is 6.03. The molecule has 90 valence electrons. The highest BCUT2D eigenvalue weighted by Crippen LogP contribution is 2.17. The summed E-state index contributed by atoms with van der Waals surface area (Å²) in [6, 6.07) is 3.43. The topological polar surface area (TPSA) is 99.3 Å². The van der Waals surface area contributed by atoms with Crippen LogP contribution in [0.3, 0.4) is 0 Å². The minimum absolute atomic E-state index is 0.255. The molecule has 0 radical (unpaired) electrons. The van der Waals surface area contributed by atoms with Gasteiger partial charge >= 0.3 is 0 Å². The van der Waals surface area contributed by atoms with E-state index in [1.54, 1.807) is 12.3 Å². The molecule has 3 rings (SSSR count). The highest BCUT2D eigenvalue weighted by Gasteiger charge is 2.09. The van der Waals surface area contributed by atoms with E-state index in [-0.39, 0.29) is 5.91 Å². The summed E-state index contributed by atoms with van der Waals surface area (Å²) < 4.78 is 0. The first-order valence-corrected chi connectivity index (χ1v) is 5.35. The van der Waals surface area contributed by atoms with Crippen LogP contribution in [0.1, 0.15) is 16.2 Å². The Balaban J connectivity index is 1.91. The number of H-pyrrole nitrogens is 2. The summed E-state index contributed by atoms with van der Waals surface area (Å²) in [5.74, 6) is -0.255. The number of hydrogen-bond donors (Lipinski definition) is 3. The van der Waals surface area contributed by atoms with E-state index >= 15 is 0 Å². The number of pyridine rings is 1. The smallest absolute Gasteiger partial charge is 0.273 e. The molecule has 0 atom stereocenters. The highest BCUT2D eigenvalue weighted by atomic mass is 16.1. The standard InChI is InChI=1S/C11H10N6O/c1-6-8-4-7(5-12-10(8)17-15-6)14-11(18)9-2-3-13-16-9/h2-5H,1H3,(H,13,16)(H,14,18)(H,12,15,17). The van der Waals surface area contributed by atoms with Crippen molar-refractivity contribution < 1.29 is 4.79 Å². The van der Waals surface area contributed by atoms with E-state index in [2.05, 4.69) is 30.7 Å². The third-order valence-electron chi connectivity index (χ3n) is 2.60. The lowest BCUT2D eigenvalue weighted by Crippen LogP contribution is -2.12. The molecule has 0 aromatic carbocycles. The molecule has 0 saturated carbocycles. The molecule has 3 aromatic heterocycles. The Hall–Kier alpha value is -2.70. The van der Waals surface area contributed by atoms with Gasteiger partial charge in [-0.2, -0.15) is 10.2 Å². The zero-order chi connectivity index (χ0) is 12.5. The fourth-order valence-electron chi connectivity index (χ4n) is 1.67. The van der Waals surface area contributed by atoms with Gasteiger partial charge in [0.1, 0.15) is 5.69 Å². The fourth-order valence-corrected chi connectivity index (χ4v) is 1.67. The average molecular weight is 242 g/mol. The summed E-state index contributed by atoms with van der Waals surface area (Å²) >= 11 is 0. The Bertz CT molecular complexity index is 699. The first-order valence-electron chi connectivity index (χ1n) is 5.35. The molecule has 0 aliphatic carbocycles. The number of aromatic nitrogens is 5. The minimum Gasteiger partial charge on any atom is -0.319 e. The molecule has 7 nitrogen and oxygen atoms in total. The van der Waals surface area contributed by atoms with Crippen LogP contribution in [0, 0.1) is 6.92 Å². The van der Waals surface area contributed by atoms with Crippen LogP contribution in [0.5, 0.6) is 0 Å². The van der Waals surface area contributed by atoms with Crippen LogP contribution in [0.25, 0.3) is 11.0 Å². The van der Waals surface area contributed by atoms with E-state index in [4.69, 9.17) is 0 Å². The van der Waals surface area contributed by atoms with E-state index in [0.29, 0.717) is 17.0 Å². The van der Waals surface area contributed by atoms with Gasteiger partial charge in [-0.1, -0.05) is 0 Å². The largest absolute Gasteiger partial charge is 0.319 e. The number of carbonyl (C=O) groups is 1. The number of aryl methyl sites for hydroxylation is 1. The van der Waals surface area contributed by atoms with Crippen LogP contribution in [-0.4, -0.2) is 31.3 Å². The lowest BCUT2D eigenvalue weighted by atomic mass is 10.2. The average Bonchev–Trinajstić information content (AvgIpc) is 3.00. The maximum Gasteiger partial charge on any atom is 0.273 e. The summed E-state index contributed by atoms with van der Waals surface area (Å²) in [6.07, 6.45) is 3.09. The van der Waals surface area contributed by atoms with E-state index in [1.807, 2.05) is 13.0 Å². The van der Waals surface area contributed by atoms with Crippen molar-refractivity contribution in [3.63, 3.8) is 0 Å². The Labute approximate surface area is 102 Å². The predicted molar refractivity (Wildman–Crippen MR) is 65.2 cm³/mol. The number of nitrogens with one attached hydrogen (secondary N) is 3. The van der Waals surface area contributed by atoms with Gasteiger partial charge in [0.2, 0.25) is 0 Å². The molecule has 0 aliphatic heterocycles. The van der Waals surface area contributed by atoms with Gasteiger partial charge in [0.05, 0.1) is 11.9 Å². The van der Waals surface area contributed by atoms with E-state index in [9.17, 15) is 4.79 Å². The van der Waals surface area contributed by atoms with Crippen LogP contribution in [0.2, 0.25) is 0 Å². The monoisotopic (exact) mass is 242 g/mol. The van der Waals surface area contributed by atoms with Crippen molar-refractivity contribution in [2.24, 2.45) is 0 Å². The molecule has 0 unspecified atom stereocenters. The third kappa shape index (κ3) is 1.71. The van der Waals surface area contributed by atoms with Gasteiger partial charge in [-0.3, -0.25) is 15.0 Å². The van der Waals surface area contributed by atoms with Crippen LogP contribution in [0.4, 0.5) is 5.69 Å². The molecule has 0 spiro atoms. The molecule has 0 aliphatic rings. The third-order valence-corrected chi connectivity index (χ3v) is 2.60. The lowest BCUT2D eigenvalue weighted by Gasteiger charge is -2.02. The molecule has 3 N–H and O–H groups in total. The molecule has 0 fully saturated rings. The molecule has 3 aromatic rings. The van der Waals surface area contributed by atoms with Crippen LogP contribution < -0.4 is 5.32 Å². The number of carbonyl (C=O) groups excluding carboxylic acids is 1. The van der Waals surface area contributed by atoms with Crippen LogP contribution in [-0.2, 0) is 0 Å². The number of fused-ring (bicyclic) bond motifs is 1. The van der Waals surface area contributed by atoms with E-state index < -0.39 is 0 Å². The van der Waals surface area contributed by atoms with Crippen molar-refractivity contribution in [1.82, 2.24) is 25.4 Å². The number of hydrogen-bond acceptors (Lipinski definition) is 4. The lowest BCUT2D eigenvalue weighted by molar-refractivity contribution is 0.102. The molecule has 3 heterocycles. The Kier molecular flexibility index (Phi) is 2.30. The fraction of sp³-hybridized carbons (Fsp3) is 0.0909.